The lowest BCUT2D eigenvalue weighted by Crippen LogP contribution is -2.20. The zero-order chi connectivity index (χ0) is 15.2. The molecule has 0 radical (unpaired) electrons. The Hall–Kier alpha value is -1.94. The summed E-state index contributed by atoms with van der Waals surface area (Å²) >= 11 is 0. The first-order valence-electron chi connectivity index (χ1n) is 7.24. The number of nitrogens with zero attached hydrogens (tertiary/aromatic N) is 1. The maximum absolute atomic E-state index is 14.1. The Balaban J connectivity index is 2.26. The predicted molar refractivity (Wildman–Crippen MR) is 82.2 cm³/mol. The average Bonchev–Trinajstić information content (AvgIpc) is 2.49. The average molecular weight is 288 g/mol. The lowest BCUT2D eigenvalue weighted by molar-refractivity contribution is 0.423. The van der Waals surface area contributed by atoms with Crippen LogP contribution in [0.5, 0.6) is 11.5 Å². The van der Waals surface area contributed by atoms with Gasteiger partial charge in [0.2, 0.25) is 0 Å². The summed E-state index contributed by atoms with van der Waals surface area (Å²) in [7, 11) is 0. The van der Waals surface area contributed by atoms with Crippen LogP contribution in [0, 0.1) is 12.7 Å². The van der Waals surface area contributed by atoms with Crippen molar-refractivity contribution in [3.8, 4) is 11.5 Å². The molecule has 1 heterocycles. The van der Waals surface area contributed by atoms with Crippen LogP contribution in [0.2, 0.25) is 0 Å². The van der Waals surface area contributed by atoms with E-state index in [0.717, 1.165) is 24.2 Å². The highest BCUT2D eigenvalue weighted by Crippen LogP contribution is 2.32. The summed E-state index contributed by atoms with van der Waals surface area (Å²) in [4.78, 5) is 4.17. The molecule has 21 heavy (non-hydrogen) atoms. The second-order valence-corrected chi connectivity index (χ2v) is 5.07. The van der Waals surface area contributed by atoms with Crippen LogP contribution in [0.25, 0.3) is 0 Å². The number of ether oxygens (including phenoxy) is 1. The van der Waals surface area contributed by atoms with Crippen LogP contribution < -0.4 is 10.1 Å². The van der Waals surface area contributed by atoms with Crippen molar-refractivity contribution >= 4 is 0 Å². The molecule has 1 aromatic carbocycles. The first-order chi connectivity index (χ1) is 10.1. The van der Waals surface area contributed by atoms with Crippen LogP contribution in [-0.2, 0) is 0 Å². The molecule has 0 spiro atoms. The molecule has 0 amide bonds. The van der Waals surface area contributed by atoms with E-state index in [9.17, 15) is 4.39 Å². The van der Waals surface area contributed by atoms with E-state index in [4.69, 9.17) is 4.74 Å². The molecule has 0 aliphatic rings. The zero-order valence-corrected chi connectivity index (χ0v) is 12.7. The van der Waals surface area contributed by atoms with Gasteiger partial charge in [0.25, 0.3) is 0 Å². The fourth-order valence-electron chi connectivity index (χ4n) is 2.08. The quantitative estimate of drug-likeness (QED) is 0.856. The van der Waals surface area contributed by atoms with Gasteiger partial charge in [-0.25, -0.2) is 4.39 Å². The molecule has 1 aromatic heterocycles. The highest BCUT2D eigenvalue weighted by Gasteiger charge is 2.16. The van der Waals surface area contributed by atoms with Crippen LogP contribution >= 0.6 is 0 Å². The zero-order valence-electron chi connectivity index (χ0n) is 12.7. The maximum atomic E-state index is 14.1. The van der Waals surface area contributed by atoms with Gasteiger partial charge in [-0.15, -0.1) is 0 Å². The van der Waals surface area contributed by atoms with Gasteiger partial charge in [0.1, 0.15) is 5.75 Å². The standard InChI is InChI=1S/C17H21FN2O/c1-4-10-19-13(3)15-6-5-7-16(18)17(15)21-14-9-8-12(2)20-11-14/h5-9,11,13,19H,4,10H2,1-3H3. The lowest BCUT2D eigenvalue weighted by atomic mass is 10.1. The van der Waals surface area contributed by atoms with Gasteiger partial charge in [0, 0.05) is 17.3 Å². The highest BCUT2D eigenvalue weighted by atomic mass is 19.1. The minimum atomic E-state index is -0.363. The van der Waals surface area contributed by atoms with Crippen molar-refractivity contribution in [1.29, 1.82) is 0 Å². The number of halogens is 1. The molecule has 0 bridgehead atoms. The first-order valence-corrected chi connectivity index (χ1v) is 7.24. The number of hydrogen-bond donors (Lipinski definition) is 1. The van der Waals surface area contributed by atoms with Crippen LogP contribution in [0.15, 0.2) is 36.5 Å². The third-order valence-corrected chi connectivity index (χ3v) is 3.27. The largest absolute Gasteiger partial charge is 0.452 e. The van der Waals surface area contributed by atoms with Crippen LogP contribution in [0.1, 0.15) is 37.6 Å². The summed E-state index contributed by atoms with van der Waals surface area (Å²) in [5.41, 5.74) is 1.71. The van der Waals surface area contributed by atoms with Gasteiger partial charge in [0.05, 0.1) is 6.20 Å². The Bertz CT molecular complexity index is 584. The van der Waals surface area contributed by atoms with Gasteiger partial charge >= 0.3 is 0 Å². The summed E-state index contributed by atoms with van der Waals surface area (Å²) in [6.45, 7) is 6.88. The third-order valence-electron chi connectivity index (χ3n) is 3.27. The van der Waals surface area contributed by atoms with Crippen molar-refractivity contribution in [1.82, 2.24) is 10.3 Å². The summed E-state index contributed by atoms with van der Waals surface area (Å²) < 4.78 is 19.8. The van der Waals surface area contributed by atoms with Crippen molar-refractivity contribution < 1.29 is 9.13 Å². The molecule has 0 aliphatic carbocycles. The maximum Gasteiger partial charge on any atom is 0.167 e. The molecule has 3 nitrogen and oxygen atoms in total. The number of para-hydroxylation sites is 1. The molecule has 2 rings (SSSR count). The van der Waals surface area contributed by atoms with Crippen molar-refractivity contribution in [2.24, 2.45) is 0 Å². The van der Waals surface area contributed by atoms with Crippen LogP contribution in [0.3, 0.4) is 0 Å². The number of rotatable bonds is 6. The molecule has 1 unspecified atom stereocenters. The molecule has 1 N–H and O–H groups in total. The minimum absolute atomic E-state index is 0.0223. The second-order valence-electron chi connectivity index (χ2n) is 5.07. The number of aryl methyl sites for hydroxylation is 1. The number of hydrogen-bond acceptors (Lipinski definition) is 3. The predicted octanol–water partition coefficient (Wildman–Crippen LogP) is 4.38. The molecule has 0 saturated carbocycles. The molecule has 0 saturated heterocycles. The van der Waals surface area contributed by atoms with Gasteiger partial charge in [0.15, 0.2) is 11.6 Å². The third kappa shape index (κ3) is 4.02. The summed E-state index contributed by atoms with van der Waals surface area (Å²) in [6, 6.07) is 8.65. The number of pyridine rings is 1. The van der Waals surface area contributed by atoms with E-state index in [2.05, 4.69) is 17.2 Å². The Morgan fingerprint density at radius 2 is 2.10 bits per heavy atom. The normalized spacial score (nSPS) is 12.2. The second kappa shape index (κ2) is 7.18. The van der Waals surface area contributed by atoms with Gasteiger partial charge in [-0.3, -0.25) is 4.98 Å². The monoisotopic (exact) mass is 288 g/mol. The van der Waals surface area contributed by atoms with E-state index in [1.807, 2.05) is 26.0 Å². The molecule has 4 heteroatoms. The van der Waals surface area contributed by atoms with Crippen LogP contribution in [0.4, 0.5) is 4.39 Å². The Kier molecular flexibility index (Phi) is 5.28. The van der Waals surface area contributed by atoms with Crippen molar-refractivity contribution in [2.75, 3.05) is 6.54 Å². The fraction of sp³-hybridized carbons (Fsp3) is 0.353. The molecule has 1 atom stereocenters. The van der Waals surface area contributed by atoms with Crippen LogP contribution in [-0.4, -0.2) is 11.5 Å². The SMILES string of the molecule is CCCNC(C)c1cccc(F)c1Oc1ccc(C)nc1. The Labute approximate surface area is 125 Å². The Morgan fingerprint density at radius 1 is 1.29 bits per heavy atom. The van der Waals surface area contributed by atoms with E-state index in [1.54, 1.807) is 18.3 Å². The molecule has 0 aliphatic heterocycles. The molecule has 2 aromatic rings. The lowest BCUT2D eigenvalue weighted by Gasteiger charge is -2.18. The summed E-state index contributed by atoms with van der Waals surface area (Å²) in [6.07, 6.45) is 2.63. The summed E-state index contributed by atoms with van der Waals surface area (Å²) in [5, 5.41) is 3.35. The first kappa shape index (κ1) is 15.4. The molecular weight excluding hydrogens is 267 g/mol. The smallest absolute Gasteiger partial charge is 0.167 e. The number of nitrogens with one attached hydrogen (secondary N) is 1. The van der Waals surface area contributed by atoms with E-state index in [-0.39, 0.29) is 17.6 Å². The summed E-state index contributed by atoms with van der Waals surface area (Å²) in [5.74, 6) is 0.437. The van der Waals surface area contributed by atoms with Crippen molar-refractivity contribution in [3.63, 3.8) is 0 Å². The number of benzene rings is 1. The van der Waals surface area contributed by atoms with E-state index in [0.29, 0.717) is 5.75 Å². The molecule has 112 valence electrons. The van der Waals surface area contributed by atoms with Crippen molar-refractivity contribution in [3.05, 3.63) is 53.6 Å². The highest BCUT2D eigenvalue weighted by molar-refractivity contribution is 5.40. The van der Waals surface area contributed by atoms with Gasteiger partial charge in [-0.2, -0.15) is 0 Å². The van der Waals surface area contributed by atoms with Gasteiger partial charge in [-0.1, -0.05) is 19.1 Å². The van der Waals surface area contributed by atoms with Gasteiger partial charge < -0.3 is 10.1 Å². The molecule has 0 fully saturated rings. The topological polar surface area (TPSA) is 34.1 Å². The van der Waals surface area contributed by atoms with E-state index in [1.165, 1.54) is 6.07 Å². The minimum Gasteiger partial charge on any atom is -0.452 e. The van der Waals surface area contributed by atoms with Gasteiger partial charge in [-0.05, 0) is 45.0 Å². The Morgan fingerprint density at radius 3 is 2.76 bits per heavy atom. The van der Waals surface area contributed by atoms with E-state index < -0.39 is 0 Å². The van der Waals surface area contributed by atoms with Crippen molar-refractivity contribution in [2.45, 2.75) is 33.2 Å². The fourth-order valence-corrected chi connectivity index (χ4v) is 2.08. The van der Waals surface area contributed by atoms with E-state index >= 15 is 0 Å². The molecular formula is C17H21FN2O. The number of aromatic nitrogens is 1.